The summed E-state index contributed by atoms with van der Waals surface area (Å²) < 4.78 is 10.8. The Bertz CT molecular complexity index is 30.6. The first-order valence-corrected chi connectivity index (χ1v) is 1.57. The molecule has 29 valence electrons. The van der Waals surface area contributed by atoms with Crippen LogP contribution in [0.15, 0.2) is 6.33 Å². The van der Waals surface area contributed by atoms with E-state index in [1.165, 1.54) is 0 Å². The summed E-state index contributed by atoms with van der Waals surface area (Å²) in [5.41, 5.74) is 0. The van der Waals surface area contributed by atoms with E-state index in [1.54, 1.807) is 0 Å². The van der Waals surface area contributed by atoms with Gasteiger partial charge in [0.25, 0.3) is 0 Å². The van der Waals surface area contributed by atoms with Crippen LogP contribution in [0.25, 0.3) is 0 Å². The van der Waals surface area contributed by atoms with Crippen LogP contribution in [0.3, 0.4) is 0 Å². The van der Waals surface area contributed by atoms with Crippen molar-refractivity contribution in [3.05, 3.63) is 12.4 Å². The molecule has 0 aliphatic rings. The van der Waals surface area contributed by atoms with E-state index in [1.807, 2.05) is 6.92 Å². The largest absolute Gasteiger partial charge is 0.215 e. The Morgan fingerprint density at radius 3 is 2.60 bits per heavy atom. The maximum absolute atomic E-state index is 10.8. The van der Waals surface area contributed by atoms with E-state index in [0.29, 0.717) is 12.8 Å². The van der Waals surface area contributed by atoms with Crippen molar-refractivity contribution in [1.29, 1.82) is 0 Å². The zero-order valence-corrected chi connectivity index (χ0v) is 3.16. The summed E-state index contributed by atoms with van der Waals surface area (Å²) in [5.74, 6) is 0. The second-order valence-corrected chi connectivity index (χ2v) is 0.667. The minimum Gasteiger partial charge on any atom is -0.215 e. The molecule has 5 heavy (non-hydrogen) atoms. The van der Waals surface area contributed by atoms with Gasteiger partial charge in [0.1, 0.15) is 0 Å². The zero-order chi connectivity index (χ0) is 4.12. The van der Waals surface area contributed by atoms with Gasteiger partial charge in [-0.1, -0.05) is 6.92 Å². The molecule has 0 nitrogen and oxygen atoms in total. The second kappa shape index (κ2) is 3.67. The molecule has 0 saturated carbocycles. The van der Waals surface area contributed by atoms with Crippen LogP contribution in [0.1, 0.15) is 13.3 Å². The average molecular weight is 73.1 g/mol. The smallest absolute Gasteiger partial charge is 0.0902 e. The molecule has 0 unspecified atom stereocenters. The Labute approximate surface area is 31.3 Å². The van der Waals surface area contributed by atoms with E-state index in [2.05, 4.69) is 6.08 Å². The Morgan fingerprint density at radius 1 is 2.00 bits per heavy atom. The first kappa shape index (κ1) is 4.67. The number of hydrogen-bond donors (Lipinski definition) is 0. The molecule has 0 spiro atoms. The van der Waals surface area contributed by atoms with E-state index in [-0.39, 0.29) is 0 Å². The fraction of sp³-hybridized carbons (Fsp3) is 0.500. The highest BCUT2D eigenvalue weighted by atomic mass is 19.1. The van der Waals surface area contributed by atoms with Crippen molar-refractivity contribution >= 4 is 0 Å². The number of hydrogen-bond acceptors (Lipinski definition) is 0. The maximum atomic E-state index is 10.8. The van der Waals surface area contributed by atoms with Crippen molar-refractivity contribution < 1.29 is 4.39 Å². The van der Waals surface area contributed by atoms with Crippen molar-refractivity contribution in [2.75, 3.05) is 0 Å². The highest BCUT2D eigenvalue weighted by Gasteiger charge is 1.56. The maximum Gasteiger partial charge on any atom is 0.0902 e. The third-order valence-corrected chi connectivity index (χ3v) is 0.281. The quantitative estimate of drug-likeness (QED) is 0.443. The van der Waals surface area contributed by atoms with Gasteiger partial charge < -0.3 is 0 Å². The van der Waals surface area contributed by atoms with Crippen molar-refractivity contribution in [1.82, 2.24) is 0 Å². The lowest BCUT2D eigenvalue weighted by molar-refractivity contribution is 0.710. The van der Waals surface area contributed by atoms with E-state index in [0.717, 1.165) is 0 Å². The van der Waals surface area contributed by atoms with Gasteiger partial charge >= 0.3 is 0 Å². The van der Waals surface area contributed by atoms with E-state index < -0.39 is 0 Å². The Morgan fingerprint density at radius 2 is 2.60 bits per heavy atom. The topological polar surface area (TPSA) is 0 Å². The summed E-state index contributed by atoms with van der Waals surface area (Å²) in [6, 6.07) is 0. The Hall–Kier alpha value is -0.330. The molecule has 0 bridgehead atoms. The Kier molecular flexibility index (Phi) is 3.43. The monoisotopic (exact) mass is 73.0 g/mol. The first-order valence-electron chi connectivity index (χ1n) is 1.57. The van der Waals surface area contributed by atoms with Gasteiger partial charge in [0.15, 0.2) is 0 Å². The standard InChI is InChI=1S/C4H6F/c1-2-3-4-5/h4H,2H2,1H3. The van der Waals surface area contributed by atoms with Crippen molar-refractivity contribution in [2.45, 2.75) is 13.3 Å². The molecule has 0 aliphatic heterocycles. The summed E-state index contributed by atoms with van der Waals surface area (Å²) in [6.45, 7) is 1.83. The number of halogens is 1. The molecule has 1 heteroatoms. The molecular formula is C4H6F. The van der Waals surface area contributed by atoms with Crippen LogP contribution in [-0.4, -0.2) is 0 Å². The lowest BCUT2D eigenvalue weighted by atomic mass is 10.5. The SMILES string of the molecule is CC/[C]=C\F. The van der Waals surface area contributed by atoms with Gasteiger partial charge in [-0.3, -0.25) is 0 Å². The Balaban J connectivity index is 2.62. The molecular weight excluding hydrogens is 67.0 g/mol. The van der Waals surface area contributed by atoms with Crippen molar-refractivity contribution in [3.8, 4) is 0 Å². The first-order chi connectivity index (χ1) is 2.41. The van der Waals surface area contributed by atoms with Gasteiger partial charge in [-0.2, -0.15) is 0 Å². The number of allylic oxidation sites excluding steroid dienone is 1. The molecule has 0 N–H and O–H groups in total. The minimum absolute atomic E-state index is 0.431. The molecule has 0 aliphatic carbocycles. The van der Waals surface area contributed by atoms with Crippen LogP contribution in [0.5, 0.6) is 0 Å². The number of rotatable bonds is 1. The van der Waals surface area contributed by atoms with Crippen LogP contribution < -0.4 is 0 Å². The molecule has 0 heterocycles. The van der Waals surface area contributed by atoms with Crippen LogP contribution in [0, 0.1) is 6.08 Å². The molecule has 0 aromatic heterocycles. The van der Waals surface area contributed by atoms with E-state index >= 15 is 0 Å². The van der Waals surface area contributed by atoms with Crippen molar-refractivity contribution in [2.24, 2.45) is 0 Å². The van der Waals surface area contributed by atoms with Crippen LogP contribution in [0.2, 0.25) is 0 Å². The fourth-order valence-electron chi connectivity index (χ4n) is 0.0772. The molecule has 0 fully saturated rings. The van der Waals surface area contributed by atoms with Crippen LogP contribution in [-0.2, 0) is 0 Å². The van der Waals surface area contributed by atoms with E-state index in [9.17, 15) is 4.39 Å². The highest BCUT2D eigenvalue weighted by molar-refractivity contribution is 4.55. The van der Waals surface area contributed by atoms with Gasteiger partial charge in [0.2, 0.25) is 0 Å². The third kappa shape index (κ3) is 3.67. The van der Waals surface area contributed by atoms with Gasteiger partial charge in [0, 0.05) is 0 Å². The normalized spacial score (nSPS) is 10.0. The fourth-order valence-corrected chi connectivity index (χ4v) is 0.0772. The molecule has 1 radical (unpaired) electrons. The second-order valence-electron chi connectivity index (χ2n) is 0.667. The van der Waals surface area contributed by atoms with Crippen molar-refractivity contribution in [3.63, 3.8) is 0 Å². The summed E-state index contributed by atoms with van der Waals surface area (Å²) >= 11 is 0. The molecule has 0 aromatic rings. The van der Waals surface area contributed by atoms with Gasteiger partial charge in [0.05, 0.1) is 6.33 Å². The predicted molar refractivity (Wildman–Crippen MR) is 19.2 cm³/mol. The molecule has 0 amide bonds. The lowest BCUT2D eigenvalue weighted by Crippen LogP contribution is -1.44. The summed E-state index contributed by atoms with van der Waals surface area (Å²) in [7, 11) is 0. The predicted octanol–water partition coefficient (Wildman–Crippen LogP) is 1.68. The molecule has 0 atom stereocenters. The third-order valence-electron chi connectivity index (χ3n) is 0.281. The van der Waals surface area contributed by atoms with E-state index in [4.69, 9.17) is 0 Å². The highest BCUT2D eigenvalue weighted by Crippen LogP contribution is 1.74. The minimum atomic E-state index is 0.431. The summed E-state index contributed by atoms with van der Waals surface area (Å²) in [4.78, 5) is 0. The molecule has 0 aromatic carbocycles. The van der Waals surface area contributed by atoms with Gasteiger partial charge in [-0.25, -0.2) is 4.39 Å². The zero-order valence-electron chi connectivity index (χ0n) is 3.16. The molecule has 0 saturated heterocycles. The molecule has 0 rings (SSSR count). The summed E-state index contributed by atoms with van der Waals surface area (Å²) in [6.07, 6.45) is 3.41. The van der Waals surface area contributed by atoms with Crippen LogP contribution >= 0.6 is 0 Å². The average Bonchev–Trinajstić information content (AvgIpc) is 1.41. The van der Waals surface area contributed by atoms with Crippen LogP contribution in [0.4, 0.5) is 4.39 Å². The lowest BCUT2D eigenvalue weighted by Gasteiger charge is -1.60. The van der Waals surface area contributed by atoms with Gasteiger partial charge in [-0.15, -0.1) is 0 Å². The summed E-state index contributed by atoms with van der Waals surface area (Å²) in [5, 5.41) is 0. The van der Waals surface area contributed by atoms with Gasteiger partial charge in [-0.05, 0) is 12.5 Å².